The largest absolute Gasteiger partial charge is 0.417 e. The number of amides is 1. The number of hydrogen-bond donors (Lipinski definition) is 1. The first-order valence-electron chi connectivity index (χ1n) is 11.5. The van der Waals surface area contributed by atoms with Crippen molar-refractivity contribution in [1.82, 2.24) is 14.8 Å². The second-order valence-corrected chi connectivity index (χ2v) is 9.72. The van der Waals surface area contributed by atoms with Gasteiger partial charge in [0.2, 0.25) is 0 Å². The van der Waals surface area contributed by atoms with Gasteiger partial charge in [-0.2, -0.15) is 13.2 Å². The summed E-state index contributed by atoms with van der Waals surface area (Å²) >= 11 is 6.58. The lowest BCUT2D eigenvalue weighted by Crippen LogP contribution is -2.57. The van der Waals surface area contributed by atoms with Crippen LogP contribution >= 0.6 is 11.6 Å². The van der Waals surface area contributed by atoms with Gasteiger partial charge >= 0.3 is 6.18 Å². The number of carbonyl (C=O) groups excluding carboxylic acids is 1. The molecule has 2 unspecified atom stereocenters. The van der Waals surface area contributed by atoms with Crippen molar-refractivity contribution in [2.45, 2.75) is 37.1 Å². The van der Waals surface area contributed by atoms with Crippen LogP contribution in [0.1, 0.15) is 40.4 Å². The van der Waals surface area contributed by atoms with Gasteiger partial charge in [-0.3, -0.25) is 14.7 Å². The normalized spacial score (nSPS) is 24.0. The van der Waals surface area contributed by atoms with Crippen LogP contribution in [-0.2, 0) is 6.18 Å². The molecule has 0 bridgehead atoms. The fraction of sp³-hybridized carbons (Fsp3) is 0.500. The highest BCUT2D eigenvalue weighted by Crippen LogP contribution is 2.35. The molecular weight excluding hydrogens is 469 g/mol. The molecule has 0 aliphatic carbocycles. The molecule has 1 N–H and O–H groups in total. The molecule has 6 nitrogen and oxygen atoms in total. The molecule has 3 fully saturated rings. The van der Waals surface area contributed by atoms with E-state index in [0.29, 0.717) is 49.0 Å². The Morgan fingerprint density at radius 2 is 1.85 bits per heavy atom. The second kappa shape index (κ2) is 9.02. The predicted octanol–water partition coefficient (Wildman–Crippen LogP) is 3.64. The lowest BCUT2D eigenvalue weighted by atomic mass is 9.88. The zero-order valence-corrected chi connectivity index (χ0v) is 19.3. The number of halogens is 4. The van der Waals surface area contributed by atoms with Crippen molar-refractivity contribution in [3.05, 3.63) is 58.4 Å². The molecule has 0 spiro atoms. The summed E-state index contributed by atoms with van der Waals surface area (Å²) in [5, 5.41) is 10.0. The molecule has 3 saturated heterocycles. The summed E-state index contributed by atoms with van der Waals surface area (Å²) in [4.78, 5) is 23.5. The van der Waals surface area contributed by atoms with E-state index in [9.17, 15) is 23.1 Å². The average Bonchev–Trinajstić information content (AvgIpc) is 2.81. The van der Waals surface area contributed by atoms with E-state index in [4.69, 9.17) is 11.6 Å². The molecule has 182 valence electrons. The molecular formula is C24H26ClF3N4O2. The van der Waals surface area contributed by atoms with Crippen molar-refractivity contribution < 1.29 is 23.1 Å². The molecule has 5 rings (SSSR count). The minimum atomic E-state index is -4.38. The molecule has 34 heavy (non-hydrogen) atoms. The fourth-order valence-corrected chi connectivity index (χ4v) is 5.49. The van der Waals surface area contributed by atoms with Gasteiger partial charge in [-0.25, -0.2) is 0 Å². The molecule has 2 atom stereocenters. The number of piperidine rings is 1. The number of aliphatic hydroxyl groups excluding tert-OH is 1. The molecule has 3 aliphatic rings. The molecule has 1 amide bonds. The van der Waals surface area contributed by atoms with Crippen molar-refractivity contribution in [2.24, 2.45) is 0 Å². The maximum atomic E-state index is 13.3. The lowest BCUT2D eigenvalue weighted by Gasteiger charge is -2.46. The third-order valence-corrected chi connectivity index (χ3v) is 7.54. The minimum Gasteiger partial charge on any atom is -0.389 e. The van der Waals surface area contributed by atoms with Gasteiger partial charge in [0.05, 0.1) is 27.9 Å². The number of pyridine rings is 1. The molecule has 3 aliphatic heterocycles. The SMILES string of the molecule is O=C(c1cccc(N2CC(O)C2)c1Cl)N1CCN2CC(c3ccc(C(F)(F)F)cn3)CCC2C1. The monoisotopic (exact) mass is 494 g/mol. The van der Waals surface area contributed by atoms with Gasteiger partial charge in [0.1, 0.15) is 0 Å². The summed E-state index contributed by atoms with van der Waals surface area (Å²) in [5.41, 5.74) is 1.19. The molecule has 0 saturated carbocycles. The molecule has 4 heterocycles. The maximum Gasteiger partial charge on any atom is 0.417 e. The van der Waals surface area contributed by atoms with Crippen LogP contribution in [0.2, 0.25) is 5.02 Å². The Balaban J connectivity index is 1.22. The Kier molecular flexibility index (Phi) is 6.20. The quantitative estimate of drug-likeness (QED) is 0.706. The van der Waals surface area contributed by atoms with Crippen molar-refractivity contribution in [3.63, 3.8) is 0 Å². The molecule has 0 radical (unpaired) electrons. The number of nitrogens with zero attached hydrogens (tertiary/aromatic N) is 4. The summed E-state index contributed by atoms with van der Waals surface area (Å²) in [6.45, 7) is 3.59. The number of rotatable bonds is 3. The molecule has 10 heteroatoms. The second-order valence-electron chi connectivity index (χ2n) is 9.34. The third kappa shape index (κ3) is 4.48. The maximum absolute atomic E-state index is 13.3. The van der Waals surface area contributed by atoms with E-state index in [1.54, 1.807) is 6.07 Å². The van der Waals surface area contributed by atoms with Gasteiger partial charge in [-0.15, -0.1) is 0 Å². The van der Waals surface area contributed by atoms with E-state index in [0.717, 1.165) is 37.3 Å². The topological polar surface area (TPSA) is 59.9 Å². The van der Waals surface area contributed by atoms with Gasteiger partial charge in [-0.1, -0.05) is 17.7 Å². The van der Waals surface area contributed by atoms with E-state index in [1.807, 2.05) is 21.9 Å². The number of alkyl halides is 3. The Labute approximate surface area is 200 Å². The average molecular weight is 495 g/mol. The zero-order chi connectivity index (χ0) is 24.0. The number of β-amino-alcohol motifs (C(OH)–C–C–N with tert-alkyl or cyclic N) is 1. The van der Waals surface area contributed by atoms with Crippen LogP contribution in [0.5, 0.6) is 0 Å². The number of piperazine rings is 1. The van der Waals surface area contributed by atoms with Crippen molar-refractivity contribution in [1.29, 1.82) is 0 Å². The Hall–Kier alpha value is -2.36. The molecule has 1 aromatic carbocycles. The van der Waals surface area contributed by atoms with Crippen LogP contribution < -0.4 is 4.90 Å². The van der Waals surface area contributed by atoms with Crippen LogP contribution in [0.25, 0.3) is 0 Å². The lowest BCUT2D eigenvalue weighted by molar-refractivity contribution is -0.137. The first-order chi connectivity index (χ1) is 16.2. The summed E-state index contributed by atoms with van der Waals surface area (Å²) in [7, 11) is 0. The van der Waals surface area contributed by atoms with E-state index in [2.05, 4.69) is 9.88 Å². The summed E-state index contributed by atoms with van der Waals surface area (Å²) < 4.78 is 38.5. The third-order valence-electron chi connectivity index (χ3n) is 7.14. The van der Waals surface area contributed by atoms with E-state index < -0.39 is 11.7 Å². The van der Waals surface area contributed by atoms with Gasteiger partial charge < -0.3 is 14.9 Å². The standard InChI is InChI=1S/C24H26ClF3N4O2/c25-22-19(2-1-3-21(22)32-13-18(33)14-32)23(34)31-9-8-30-11-15(4-6-17(30)12-31)20-7-5-16(10-29-20)24(26,27)28/h1-3,5,7,10,15,17-18,33H,4,6,8-9,11-14H2. The van der Waals surface area contributed by atoms with Crippen molar-refractivity contribution in [2.75, 3.05) is 44.2 Å². The first kappa shape index (κ1) is 23.4. The molecule has 1 aromatic heterocycles. The number of carbonyl (C=O) groups is 1. The summed E-state index contributed by atoms with van der Waals surface area (Å²) in [5.74, 6) is -0.0158. The number of benzene rings is 1. The van der Waals surface area contributed by atoms with Gasteiger partial charge in [0, 0.05) is 63.1 Å². The van der Waals surface area contributed by atoms with Crippen LogP contribution in [0.15, 0.2) is 36.5 Å². The van der Waals surface area contributed by atoms with Crippen molar-refractivity contribution >= 4 is 23.2 Å². The number of aliphatic hydroxyl groups is 1. The number of hydrogen-bond acceptors (Lipinski definition) is 5. The summed E-state index contributed by atoms with van der Waals surface area (Å²) in [6.07, 6.45) is -2.18. The predicted molar refractivity (Wildman–Crippen MR) is 122 cm³/mol. The van der Waals surface area contributed by atoms with Crippen LogP contribution in [0.3, 0.4) is 0 Å². The highest BCUT2D eigenvalue weighted by atomic mass is 35.5. The minimum absolute atomic E-state index is 0.0822. The van der Waals surface area contributed by atoms with Crippen molar-refractivity contribution in [3.8, 4) is 0 Å². The fourth-order valence-electron chi connectivity index (χ4n) is 5.17. The van der Waals surface area contributed by atoms with Gasteiger partial charge in [-0.05, 0) is 37.1 Å². The van der Waals surface area contributed by atoms with Crippen LogP contribution in [0, 0.1) is 0 Å². The van der Waals surface area contributed by atoms with E-state index >= 15 is 0 Å². The smallest absolute Gasteiger partial charge is 0.389 e. The Bertz CT molecular complexity index is 1060. The van der Waals surface area contributed by atoms with Gasteiger partial charge in [0.25, 0.3) is 5.91 Å². The van der Waals surface area contributed by atoms with Crippen LogP contribution in [0.4, 0.5) is 18.9 Å². The number of fused-ring (bicyclic) bond motifs is 1. The Morgan fingerprint density at radius 3 is 2.53 bits per heavy atom. The highest BCUT2D eigenvalue weighted by molar-refractivity contribution is 6.36. The number of anilines is 1. The zero-order valence-electron chi connectivity index (χ0n) is 18.5. The highest BCUT2D eigenvalue weighted by Gasteiger charge is 2.37. The first-order valence-corrected chi connectivity index (χ1v) is 11.9. The van der Waals surface area contributed by atoms with Gasteiger partial charge in [0.15, 0.2) is 0 Å². The summed E-state index contributed by atoms with van der Waals surface area (Å²) in [6, 6.07) is 8.21. The van der Waals surface area contributed by atoms with Crippen LogP contribution in [-0.4, -0.2) is 77.2 Å². The molecule has 2 aromatic rings. The van der Waals surface area contributed by atoms with E-state index in [-0.39, 0.29) is 24.0 Å². The Morgan fingerprint density at radius 1 is 1.06 bits per heavy atom. The van der Waals surface area contributed by atoms with E-state index in [1.165, 1.54) is 6.07 Å². The number of aromatic nitrogens is 1.